The van der Waals surface area contributed by atoms with E-state index in [4.69, 9.17) is 9.15 Å². The number of hydrogen-bond donors (Lipinski definition) is 2. The number of benzene rings is 2. The molecule has 4 rings (SSSR count). The molecule has 1 aromatic heterocycles. The number of aromatic nitrogens is 1. The largest absolute Gasteiger partial charge is 0.434 e. The topological polar surface area (TPSA) is 148 Å². The Morgan fingerprint density at radius 2 is 1.68 bits per heavy atom. The minimum absolute atomic E-state index is 0.0880. The highest BCUT2D eigenvalue weighted by molar-refractivity contribution is 7.90. The number of rotatable bonds is 13. The number of nitrogens with zero attached hydrogens (tertiary/aromatic N) is 2. The Labute approximate surface area is 233 Å². The second-order valence-corrected chi connectivity index (χ2v) is 11.8. The smallest absolute Gasteiger partial charge is 0.318 e. The van der Waals surface area contributed by atoms with Gasteiger partial charge in [0.2, 0.25) is 11.7 Å². The average molecular weight is 571 g/mol. The Hall–Kier alpha value is -3.77. The number of nitrogens with one attached hydrogen (secondary N) is 2. The fraction of sp³-hybridized carbons (Fsp3) is 0.429. The summed E-state index contributed by atoms with van der Waals surface area (Å²) in [6.45, 7) is 1.76. The van der Waals surface area contributed by atoms with E-state index in [1.807, 2.05) is 12.1 Å². The number of carbonyl (C=O) groups excluding carboxylic acids is 3. The highest BCUT2D eigenvalue weighted by Gasteiger charge is 2.29. The van der Waals surface area contributed by atoms with Gasteiger partial charge in [-0.05, 0) is 30.5 Å². The maximum absolute atomic E-state index is 13.0. The molecule has 214 valence electrons. The number of para-hydroxylation sites is 2. The first-order valence-electron chi connectivity index (χ1n) is 13.3. The lowest BCUT2D eigenvalue weighted by atomic mass is 10.1. The third-order valence-corrected chi connectivity index (χ3v) is 8.09. The zero-order valence-electron chi connectivity index (χ0n) is 22.2. The molecular weight excluding hydrogens is 536 g/mol. The number of ether oxygens (including phenoxy) is 1. The van der Waals surface area contributed by atoms with Crippen LogP contribution in [0.3, 0.4) is 0 Å². The quantitative estimate of drug-likeness (QED) is 0.235. The molecule has 1 aliphatic heterocycles. The van der Waals surface area contributed by atoms with Crippen LogP contribution in [0.25, 0.3) is 11.1 Å². The van der Waals surface area contributed by atoms with Gasteiger partial charge in [0.05, 0.1) is 24.7 Å². The van der Waals surface area contributed by atoms with Crippen LogP contribution in [-0.4, -0.2) is 80.7 Å². The molecule has 1 atom stereocenters. The van der Waals surface area contributed by atoms with Crippen LogP contribution >= 0.6 is 0 Å². The molecule has 0 aliphatic carbocycles. The third-order valence-electron chi connectivity index (χ3n) is 6.47. The van der Waals surface area contributed by atoms with E-state index in [0.29, 0.717) is 62.2 Å². The van der Waals surface area contributed by atoms with Crippen LogP contribution in [0.15, 0.2) is 59.0 Å². The van der Waals surface area contributed by atoms with Gasteiger partial charge in [-0.2, -0.15) is 0 Å². The number of carbonyl (C=O) groups is 3. The van der Waals surface area contributed by atoms with Gasteiger partial charge in [-0.3, -0.25) is 9.59 Å². The van der Waals surface area contributed by atoms with E-state index >= 15 is 0 Å². The molecule has 1 fully saturated rings. The molecule has 3 amide bonds. The van der Waals surface area contributed by atoms with E-state index in [1.54, 1.807) is 42.5 Å². The van der Waals surface area contributed by atoms with E-state index in [0.717, 1.165) is 0 Å². The van der Waals surface area contributed by atoms with Crippen LogP contribution < -0.4 is 10.6 Å². The van der Waals surface area contributed by atoms with Crippen molar-refractivity contribution in [2.24, 2.45) is 0 Å². The van der Waals surface area contributed by atoms with E-state index < -0.39 is 33.6 Å². The zero-order valence-corrected chi connectivity index (χ0v) is 23.0. The number of amides is 3. The molecule has 12 heteroatoms. The molecule has 2 N–H and O–H groups in total. The van der Waals surface area contributed by atoms with Crippen LogP contribution in [0.5, 0.6) is 0 Å². The maximum atomic E-state index is 13.0. The van der Waals surface area contributed by atoms with Gasteiger partial charge < -0.3 is 24.7 Å². The van der Waals surface area contributed by atoms with Gasteiger partial charge in [-0.1, -0.05) is 48.9 Å². The molecule has 1 aliphatic rings. The van der Waals surface area contributed by atoms with Crippen LogP contribution in [0, 0.1) is 0 Å². The number of fused-ring (bicyclic) bond motifs is 1. The Balaban J connectivity index is 1.26. The van der Waals surface area contributed by atoms with E-state index in [1.165, 1.54) is 4.90 Å². The molecule has 2 aromatic carbocycles. The van der Waals surface area contributed by atoms with Crippen LogP contribution in [0.1, 0.15) is 41.9 Å². The van der Waals surface area contributed by atoms with Crippen LogP contribution in [0.2, 0.25) is 0 Å². The van der Waals surface area contributed by atoms with Crippen LogP contribution in [0.4, 0.5) is 4.79 Å². The molecule has 0 saturated carbocycles. The van der Waals surface area contributed by atoms with Crippen molar-refractivity contribution >= 4 is 38.7 Å². The number of urea groups is 1. The summed E-state index contributed by atoms with van der Waals surface area (Å²) in [6, 6.07) is 14.1. The highest BCUT2D eigenvalue weighted by Crippen LogP contribution is 2.17. The summed E-state index contributed by atoms with van der Waals surface area (Å²) in [5.41, 5.74) is 1.80. The number of ketones is 1. The molecule has 0 bridgehead atoms. The van der Waals surface area contributed by atoms with Crippen molar-refractivity contribution in [2.75, 3.05) is 38.6 Å². The molecule has 0 unspecified atom stereocenters. The summed E-state index contributed by atoms with van der Waals surface area (Å²) < 4.78 is 36.6. The van der Waals surface area contributed by atoms with Gasteiger partial charge in [-0.15, -0.1) is 0 Å². The molecule has 40 heavy (non-hydrogen) atoms. The summed E-state index contributed by atoms with van der Waals surface area (Å²) in [5, 5.41) is 5.34. The first kappa shape index (κ1) is 29.2. The van der Waals surface area contributed by atoms with Gasteiger partial charge in [0, 0.05) is 26.1 Å². The van der Waals surface area contributed by atoms with Gasteiger partial charge in [0.15, 0.2) is 15.4 Å². The molecule has 3 aromatic rings. The highest BCUT2D eigenvalue weighted by atomic mass is 32.2. The average Bonchev–Trinajstić information content (AvgIpc) is 3.39. The third kappa shape index (κ3) is 8.62. The normalized spacial score (nSPS) is 14.6. The summed E-state index contributed by atoms with van der Waals surface area (Å²) in [4.78, 5) is 43.9. The number of oxazole rings is 1. The standard InChI is InChI=1S/C28H34N4O7S/c33-24(27-30-22-11-6-7-13-25(22)39-27)12-5-2-8-14-29-26(34)23(31-28(35)32-15-17-38-18-16-32)20-40(36,37)19-21-9-3-1-4-10-21/h1,3-4,6-7,9-11,13,23H,2,5,8,12,14-20H2,(H,29,34)(H,31,35)/t23-/m0/s1. The Morgan fingerprint density at radius 1 is 0.950 bits per heavy atom. The molecule has 0 radical (unpaired) electrons. The summed E-state index contributed by atoms with van der Waals surface area (Å²) in [7, 11) is -3.71. The number of hydrogen-bond acceptors (Lipinski definition) is 8. The van der Waals surface area contributed by atoms with Gasteiger partial charge in [-0.25, -0.2) is 18.2 Å². The summed E-state index contributed by atoms with van der Waals surface area (Å²) in [6.07, 6.45) is 2.07. The SMILES string of the molecule is O=C(CCCCCNC(=O)[C@H](CS(=O)(=O)Cc1ccccc1)NC(=O)N1CCOCC1)c1nc2ccccc2o1. The van der Waals surface area contributed by atoms with Crippen molar-refractivity contribution in [3.63, 3.8) is 0 Å². The second kappa shape index (κ2) is 14.0. The van der Waals surface area contributed by atoms with Gasteiger partial charge in [0.25, 0.3) is 5.89 Å². The van der Waals surface area contributed by atoms with Crippen molar-refractivity contribution in [1.82, 2.24) is 20.5 Å². The monoisotopic (exact) mass is 570 g/mol. The second-order valence-electron chi connectivity index (χ2n) is 9.65. The molecule has 1 saturated heterocycles. The predicted octanol–water partition coefficient (Wildman–Crippen LogP) is 2.71. The van der Waals surface area contributed by atoms with E-state index in [2.05, 4.69) is 15.6 Å². The first-order valence-corrected chi connectivity index (χ1v) is 15.2. The van der Waals surface area contributed by atoms with Gasteiger partial charge >= 0.3 is 6.03 Å². The minimum Gasteiger partial charge on any atom is -0.434 e. The van der Waals surface area contributed by atoms with E-state index in [-0.39, 0.29) is 30.4 Å². The lowest BCUT2D eigenvalue weighted by Gasteiger charge is -2.29. The van der Waals surface area contributed by atoms with Crippen LogP contribution in [-0.2, 0) is 25.1 Å². The van der Waals surface area contributed by atoms with Crippen molar-refractivity contribution in [3.05, 3.63) is 66.1 Å². The number of unbranched alkanes of at least 4 members (excludes halogenated alkanes) is 2. The maximum Gasteiger partial charge on any atom is 0.318 e. The van der Waals surface area contributed by atoms with Crippen molar-refractivity contribution in [3.8, 4) is 0 Å². The number of morpholine rings is 1. The first-order chi connectivity index (χ1) is 19.3. The fourth-order valence-corrected chi connectivity index (χ4v) is 5.91. The Kier molecular flexibility index (Phi) is 10.3. The van der Waals surface area contributed by atoms with Gasteiger partial charge in [0.1, 0.15) is 11.6 Å². The Morgan fingerprint density at radius 3 is 2.42 bits per heavy atom. The number of sulfone groups is 1. The zero-order chi connectivity index (χ0) is 28.4. The van der Waals surface area contributed by atoms with Crippen molar-refractivity contribution in [2.45, 2.75) is 37.5 Å². The van der Waals surface area contributed by atoms with Crippen molar-refractivity contribution in [1.29, 1.82) is 0 Å². The van der Waals surface area contributed by atoms with Crippen molar-refractivity contribution < 1.29 is 32.0 Å². The van der Waals surface area contributed by atoms with E-state index in [9.17, 15) is 22.8 Å². The number of Topliss-reactive ketones (excluding diaryl/α,β-unsaturated/α-hetero) is 1. The lowest BCUT2D eigenvalue weighted by Crippen LogP contribution is -2.55. The predicted molar refractivity (Wildman–Crippen MR) is 148 cm³/mol. The summed E-state index contributed by atoms with van der Waals surface area (Å²) >= 11 is 0. The Bertz CT molecular complexity index is 1370. The lowest BCUT2D eigenvalue weighted by molar-refractivity contribution is -0.122. The summed E-state index contributed by atoms with van der Waals surface area (Å²) in [5.74, 6) is -1.43. The fourth-order valence-electron chi connectivity index (χ4n) is 4.35. The molecular formula is C28H34N4O7S. The molecule has 0 spiro atoms. The molecule has 2 heterocycles. The molecule has 11 nitrogen and oxygen atoms in total. The minimum atomic E-state index is -3.71.